The lowest BCUT2D eigenvalue weighted by Gasteiger charge is -2.20. The lowest BCUT2D eigenvalue weighted by Crippen LogP contribution is -2.27. The number of benzene rings is 3. The highest BCUT2D eigenvalue weighted by Gasteiger charge is 2.21. The maximum atomic E-state index is 12.8. The molecule has 30 heavy (non-hydrogen) atoms. The van der Waals surface area contributed by atoms with Crippen molar-refractivity contribution in [1.29, 1.82) is 0 Å². The predicted molar refractivity (Wildman–Crippen MR) is 120 cm³/mol. The highest BCUT2D eigenvalue weighted by molar-refractivity contribution is 7.92. The lowest BCUT2D eigenvalue weighted by atomic mass is 10.1. The second kappa shape index (κ2) is 9.00. The Kier molecular flexibility index (Phi) is 6.42. The summed E-state index contributed by atoms with van der Waals surface area (Å²) >= 11 is 0. The summed E-state index contributed by atoms with van der Waals surface area (Å²) in [6.45, 7) is 0.384. The minimum Gasteiger partial charge on any atom is -0.378 e. The molecule has 3 aromatic carbocycles. The van der Waals surface area contributed by atoms with E-state index in [1.807, 2.05) is 43.3 Å². The second-order valence-corrected chi connectivity index (χ2v) is 9.05. The number of hydrogen-bond donors (Lipinski definition) is 1. The Balaban J connectivity index is 1.72. The van der Waals surface area contributed by atoms with Crippen LogP contribution in [0.25, 0.3) is 0 Å². The van der Waals surface area contributed by atoms with Crippen molar-refractivity contribution in [3.05, 3.63) is 90.0 Å². The topological polar surface area (TPSA) is 69.7 Å². The van der Waals surface area contributed by atoms with Crippen LogP contribution in [0.5, 0.6) is 0 Å². The van der Waals surface area contributed by atoms with Crippen LogP contribution in [0.4, 0.5) is 11.4 Å². The lowest BCUT2D eigenvalue weighted by molar-refractivity contribution is 0.0951. The van der Waals surface area contributed by atoms with E-state index < -0.39 is 10.0 Å². The van der Waals surface area contributed by atoms with E-state index in [1.165, 1.54) is 11.4 Å². The van der Waals surface area contributed by atoms with Crippen LogP contribution in [-0.4, -0.2) is 35.5 Å². The van der Waals surface area contributed by atoms with E-state index in [4.69, 9.17) is 0 Å². The molecule has 0 saturated heterocycles. The van der Waals surface area contributed by atoms with Crippen LogP contribution in [0.3, 0.4) is 0 Å². The monoisotopic (exact) mass is 423 g/mol. The average Bonchev–Trinajstić information content (AvgIpc) is 2.77. The smallest absolute Gasteiger partial charge is 0.264 e. The normalized spacial score (nSPS) is 11.0. The van der Waals surface area contributed by atoms with Gasteiger partial charge < -0.3 is 10.2 Å². The summed E-state index contributed by atoms with van der Waals surface area (Å²) in [5.74, 6) is -0.265. The van der Waals surface area contributed by atoms with Crippen LogP contribution in [0.15, 0.2) is 83.8 Å². The van der Waals surface area contributed by atoms with Crippen molar-refractivity contribution < 1.29 is 13.2 Å². The molecule has 0 aliphatic heterocycles. The largest absolute Gasteiger partial charge is 0.378 e. The van der Waals surface area contributed by atoms with E-state index in [1.54, 1.807) is 54.6 Å². The summed E-state index contributed by atoms with van der Waals surface area (Å²) in [6, 6.07) is 22.7. The van der Waals surface area contributed by atoms with Gasteiger partial charge in [-0.15, -0.1) is 0 Å². The molecular weight excluding hydrogens is 398 g/mol. The maximum Gasteiger partial charge on any atom is 0.264 e. The van der Waals surface area contributed by atoms with Crippen molar-refractivity contribution in [1.82, 2.24) is 5.32 Å². The van der Waals surface area contributed by atoms with Crippen LogP contribution in [-0.2, 0) is 16.6 Å². The third-order valence-corrected chi connectivity index (χ3v) is 6.58. The van der Waals surface area contributed by atoms with Gasteiger partial charge in [-0.2, -0.15) is 0 Å². The predicted octanol–water partition coefficient (Wildman–Crippen LogP) is 3.51. The van der Waals surface area contributed by atoms with Crippen molar-refractivity contribution in [2.45, 2.75) is 11.4 Å². The Morgan fingerprint density at radius 2 is 1.50 bits per heavy atom. The van der Waals surface area contributed by atoms with Gasteiger partial charge in [0.25, 0.3) is 15.9 Å². The summed E-state index contributed by atoms with van der Waals surface area (Å²) < 4.78 is 26.8. The fraction of sp³-hybridized carbons (Fsp3) is 0.174. The molecule has 156 valence electrons. The molecule has 7 heteroatoms. The first-order valence-electron chi connectivity index (χ1n) is 9.47. The fourth-order valence-corrected chi connectivity index (χ4v) is 4.14. The van der Waals surface area contributed by atoms with Crippen molar-refractivity contribution in [3.8, 4) is 0 Å². The molecule has 1 N–H and O–H groups in total. The SMILES string of the molecule is CN(C)c1ccc(CNC(=O)c2cccc(N(C)S(=O)(=O)c3ccccc3)c2)cc1. The zero-order chi connectivity index (χ0) is 21.7. The van der Waals surface area contributed by atoms with E-state index in [0.29, 0.717) is 17.8 Å². The van der Waals surface area contributed by atoms with E-state index in [2.05, 4.69) is 5.32 Å². The summed E-state index contributed by atoms with van der Waals surface area (Å²) in [5, 5.41) is 2.88. The van der Waals surface area contributed by atoms with E-state index in [-0.39, 0.29) is 10.8 Å². The quantitative estimate of drug-likeness (QED) is 0.631. The third-order valence-electron chi connectivity index (χ3n) is 4.78. The van der Waals surface area contributed by atoms with Gasteiger partial charge in [0.05, 0.1) is 10.6 Å². The zero-order valence-electron chi connectivity index (χ0n) is 17.2. The van der Waals surface area contributed by atoms with Crippen LogP contribution >= 0.6 is 0 Å². The van der Waals surface area contributed by atoms with Gasteiger partial charge in [-0.3, -0.25) is 9.10 Å². The van der Waals surface area contributed by atoms with Crippen molar-refractivity contribution in [3.63, 3.8) is 0 Å². The van der Waals surface area contributed by atoms with Crippen molar-refractivity contribution >= 4 is 27.3 Å². The standard InChI is InChI=1S/C23H25N3O3S/c1-25(2)20-14-12-18(13-15-20)17-24-23(27)19-8-7-9-21(16-19)26(3)30(28,29)22-10-5-4-6-11-22/h4-16H,17H2,1-3H3,(H,24,27). The molecule has 0 spiro atoms. The molecule has 0 radical (unpaired) electrons. The molecule has 0 heterocycles. The molecule has 3 rings (SSSR count). The third kappa shape index (κ3) is 4.80. The van der Waals surface area contributed by atoms with E-state index in [9.17, 15) is 13.2 Å². The first-order chi connectivity index (χ1) is 14.3. The molecule has 0 bridgehead atoms. The number of rotatable bonds is 7. The summed E-state index contributed by atoms with van der Waals surface area (Å²) in [6.07, 6.45) is 0. The maximum absolute atomic E-state index is 12.8. The highest BCUT2D eigenvalue weighted by atomic mass is 32.2. The van der Waals surface area contributed by atoms with Crippen LogP contribution in [0, 0.1) is 0 Å². The Bertz CT molecular complexity index is 1110. The summed E-state index contributed by atoms with van der Waals surface area (Å²) in [5.41, 5.74) is 2.88. The van der Waals surface area contributed by atoms with Gasteiger partial charge in [-0.1, -0.05) is 36.4 Å². The first kappa shape index (κ1) is 21.4. The number of anilines is 2. The number of nitrogens with one attached hydrogen (secondary N) is 1. The zero-order valence-corrected chi connectivity index (χ0v) is 18.1. The minimum absolute atomic E-state index is 0.198. The number of sulfonamides is 1. The number of carbonyl (C=O) groups is 1. The molecule has 6 nitrogen and oxygen atoms in total. The Morgan fingerprint density at radius 1 is 0.833 bits per heavy atom. The van der Waals surface area contributed by atoms with Crippen molar-refractivity contribution in [2.75, 3.05) is 30.3 Å². The molecule has 0 aliphatic carbocycles. The molecule has 0 fully saturated rings. The first-order valence-corrected chi connectivity index (χ1v) is 10.9. The van der Waals surface area contributed by atoms with Gasteiger partial charge >= 0.3 is 0 Å². The van der Waals surface area contributed by atoms with Crippen LogP contribution in [0.2, 0.25) is 0 Å². The molecule has 0 aromatic heterocycles. The summed E-state index contributed by atoms with van der Waals surface area (Å²) in [7, 11) is 1.72. The molecule has 0 atom stereocenters. The highest BCUT2D eigenvalue weighted by Crippen LogP contribution is 2.23. The molecule has 1 amide bonds. The van der Waals surface area contributed by atoms with Crippen molar-refractivity contribution in [2.24, 2.45) is 0 Å². The van der Waals surface area contributed by atoms with Crippen LogP contribution in [0.1, 0.15) is 15.9 Å². The van der Waals surface area contributed by atoms with Gasteiger partial charge in [0, 0.05) is 38.9 Å². The fourth-order valence-electron chi connectivity index (χ4n) is 2.93. The van der Waals surface area contributed by atoms with Gasteiger partial charge in [-0.25, -0.2) is 8.42 Å². The van der Waals surface area contributed by atoms with Gasteiger partial charge in [-0.05, 0) is 48.0 Å². The number of hydrogen-bond acceptors (Lipinski definition) is 4. The van der Waals surface area contributed by atoms with Gasteiger partial charge in [0.15, 0.2) is 0 Å². The summed E-state index contributed by atoms with van der Waals surface area (Å²) in [4.78, 5) is 14.8. The average molecular weight is 424 g/mol. The van der Waals surface area contributed by atoms with E-state index >= 15 is 0 Å². The molecule has 0 aliphatic rings. The van der Waals surface area contributed by atoms with Gasteiger partial charge in [0.2, 0.25) is 0 Å². The molecule has 3 aromatic rings. The Morgan fingerprint density at radius 3 is 2.13 bits per heavy atom. The second-order valence-electron chi connectivity index (χ2n) is 7.08. The molecular formula is C23H25N3O3S. The van der Waals surface area contributed by atoms with Gasteiger partial charge in [0.1, 0.15) is 0 Å². The number of amides is 1. The Labute approximate surface area is 177 Å². The molecule has 0 unspecified atom stereocenters. The number of nitrogens with zero attached hydrogens (tertiary/aromatic N) is 2. The number of carbonyl (C=O) groups excluding carboxylic acids is 1. The van der Waals surface area contributed by atoms with E-state index in [0.717, 1.165) is 11.3 Å². The molecule has 0 saturated carbocycles. The minimum atomic E-state index is -3.70. The van der Waals surface area contributed by atoms with Crippen LogP contribution < -0.4 is 14.5 Å². The Hall–Kier alpha value is -3.32.